The Labute approximate surface area is 241 Å². The lowest BCUT2D eigenvalue weighted by atomic mass is 9.83. The normalized spacial score (nSPS) is 18.6. The third-order valence-electron chi connectivity index (χ3n) is 7.86. The topological polar surface area (TPSA) is 137 Å². The van der Waals surface area contributed by atoms with Crippen molar-refractivity contribution in [1.82, 2.24) is 19.4 Å². The molecule has 2 bridgehead atoms. The van der Waals surface area contributed by atoms with Gasteiger partial charge in [-0.25, -0.2) is 9.97 Å². The Morgan fingerprint density at radius 2 is 1.88 bits per heavy atom. The SMILES string of the molecule is COC(=O)C[C@H](c1cccc(Oc2ncccn2)c1)c1oc(CN2C[C@@H]3C[C@H](C2)c2cccc(=O)n2C3)cc(=O)c1O. The second kappa shape index (κ2) is 11.6. The second-order valence-corrected chi connectivity index (χ2v) is 10.7. The van der Waals surface area contributed by atoms with E-state index in [2.05, 4.69) is 14.9 Å². The molecule has 5 heterocycles. The van der Waals surface area contributed by atoms with Crippen LogP contribution in [0.5, 0.6) is 17.5 Å². The molecule has 0 radical (unpaired) electrons. The molecule has 1 fully saturated rings. The van der Waals surface area contributed by atoms with Crippen molar-refractivity contribution in [3.8, 4) is 17.5 Å². The number of rotatable bonds is 8. The Morgan fingerprint density at radius 3 is 2.69 bits per heavy atom. The highest BCUT2D eigenvalue weighted by Crippen LogP contribution is 2.37. The Morgan fingerprint density at radius 1 is 1.07 bits per heavy atom. The van der Waals surface area contributed by atoms with E-state index in [0.717, 1.165) is 18.7 Å². The lowest BCUT2D eigenvalue weighted by Crippen LogP contribution is -2.46. The van der Waals surface area contributed by atoms with Gasteiger partial charge in [0, 0.05) is 55.8 Å². The standard InChI is InChI=1S/C31H30N4O7/c1-40-28(38)14-24(20-5-2-6-22(12-20)42-31-32-9-4-10-33-31)30-29(39)26(36)13-23(41-30)18-34-15-19-11-21(17-34)25-7-3-8-27(37)35(25)16-19/h2-10,12-13,19,21,24,39H,11,14-18H2,1H3/t19-,21+,24+/m0/s1. The number of hydrogen-bond acceptors (Lipinski definition) is 10. The first-order chi connectivity index (χ1) is 20.4. The van der Waals surface area contributed by atoms with Gasteiger partial charge in [0.25, 0.3) is 5.56 Å². The summed E-state index contributed by atoms with van der Waals surface area (Å²) in [6.07, 6.45) is 3.93. The van der Waals surface area contributed by atoms with Crippen molar-refractivity contribution >= 4 is 5.97 Å². The fraction of sp³-hybridized carbons (Fsp3) is 0.323. The summed E-state index contributed by atoms with van der Waals surface area (Å²) in [5.41, 5.74) is 1.02. The van der Waals surface area contributed by atoms with E-state index in [1.165, 1.54) is 13.2 Å². The molecule has 2 aliphatic rings. The minimum absolute atomic E-state index is 0.0206. The van der Waals surface area contributed by atoms with E-state index in [0.29, 0.717) is 42.6 Å². The van der Waals surface area contributed by atoms with Crippen LogP contribution in [0, 0.1) is 5.92 Å². The summed E-state index contributed by atoms with van der Waals surface area (Å²) in [5, 5.41) is 10.9. The van der Waals surface area contributed by atoms with Crippen molar-refractivity contribution < 1.29 is 23.8 Å². The lowest BCUT2D eigenvalue weighted by Gasteiger charge is -2.42. The number of aromatic hydroxyl groups is 1. The van der Waals surface area contributed by atoms with Crippen LogP contribution in [0.3, 0.4) is 0 Å². The van der Waals surface area contributed by atoms with Crippen LogP contribution < -0.4 is 15.7 Å². The van der Waals surface area contributed by atoms with Gasteiger partial charge in [0.15, 0.2) is 5.76 Å². The van der Waals surface area contributed by atoms with Gasteiger partial charge in [-0.15, -0.1) is 0 Å². The molecule has 4 aromatic rings. The smallest absolute Gasteiger partial charge is 0.321 e. The molecule has 0 unspecified atom stereocenters. The quantitative estimate of drug-likeness (QED) is 0.314. The van der Waals surface area contributed by atoms with Crippen molar-refractivity contribution in [2.24, 2.45) is 5.92 Å². The Kier molecular flexibility index (Phi) is 7.58. The number of pyridine rings is 1. The first-order valence-electron chi connectivity index (χ1n) is 13.8. The van der Waals surface area contributed by atoms with Crippen LogP contribution in [-0.2, 0) is 22.6 Å². The molecule has 11 heteroatoms. The number of carbonyl (C=O) groups excluding carboxylic acids is 1. The molecule has 1 N–H and O–H groups in total. The van der Waals surface area contributed by atoms with Crippen LogP contribution in [0.25, 0.3) is 0 Å². The van der Waals surface area contributed by atoms with Crippen molar-refractivity contribution in [2.45, 2.75) is 37.8 Å². The summed E-state index contributed by atoms with van der Waals surface area (Å²) in [5.74, 6) is -0.683. The van der Waals surface area contributed by atoms with E-state index in [4.69, 9.17) is 13.9 Å². The molecule has 1 saturated heterocycles. The number of benzene rings is 1. The van der Waals surface area contributed by atoms with Crippen molar-refractivity contribution in [1.29, 1.82) is 0 Å². The molecule has 42 heavy (non-hydrogen) atoms. The van der Waals surface area contributed by atoms with Crippen LogP contribution in [0.2, 0.25) is 0 Å². The molecule has 3 aromatic heterocycles. The van der Waals surface area contributed by atoms with E-state index >= 15 is 0 Å². The van der Waals surface area contributed by atoms with Gasteiger partial charge in [-0.3, -0.25) is 19.3 Å². The minimum Gasteiger partial charge on any atom is -0.502 e. The fourth-order valence-corrected chi connectivity index (χ4v) is 6.06. The second-order valence-electron chi connectivity index (χ2n) is 10.7. The monoisotopic (exact) mass is 570 g/mol. The predicted octanol–water partition coefficient (Wildman–Crippen LogP) is 3.40. The van der Waals surface area contributed by atoms with Crippen LogP contribution in [0.15, 0.2) is 81.0 Å². The number of fused-ring (bicyclic) bond motifs is 4. The van der Waals surface area contributed by atoms with Gasteiger partial charge in [-0.1, -0.05) is 18.2 Å². The van der Waals surface area contributed by atoms with E-state index in [-0.39, 0.29) is 29.7 Å². The van der Waals surface area contributed by atoms with Crippen LogP contribution in [0.1, 0.15) is 47.5 Å². The van der Waals surface area contributed by atoms with Crippen LogP contribution >= 0.6 is 0 Å². The zero-order valence-corrected chi connectivity index (χ0v) is 23.0. The van der Waals surface area contributed by atoms with Gasteiger partial charge in [-0.2, -0.15) is 0 Å². The summed E-state index contributed by atoms with van der Waals surface area (Å²) in [6, 6.07) is 15.4. The number of methoxy groups -OCH3 is 1. The number of carbonyl (C=O) groups is 1. The molecule has 216 valence electrons. The summed E-state index contributed by atoms with van der Waals surface area (Å²) in [6.45, 7) is 2.43. The van der Waals surface area contributed by atoms with Gasteiger partial charge in [0.1, 0.15) is 11.5 Å². The zero-order chi connectivity index (χ0) is 29.2. The average molecular weight is 571 g/mol. The number of likely N-dealkylation sites (tertiary alicyclic amines) is 1. The number of nitrogens with zero attached hydrogens (tertiary/aromatic N) is 4. The summed E-state index contributed by atoms with van der Waals surface area (Å²) >= 11 is 0. The van der Waals surface area contributed by atoms with Crippen LogP contribution in [0.4, 0.5) is 0 Å². The van der Waals surface area contributed by atoms with Gasteiger partial charge in [0.05, 0.1) is 26.0 Å². The lowest BCUT2D eigenvalue weighted by molar-refractivity contribution is -0.140. The molecule has 0 aliphatic carbocycles. The Hall–Kier alpha value is -4.77. The molecule has 1 aromatic carbocycles. The molecule has 11 nitrogen and oxygen atoms in total. The van der Waals surface area contributed by atoms with Crippen LogP contribution in [-0.4, -0.2) is 50.7 Å². The van der Waals surface area contributed by atoms with E-state index in [1.807, 2.05) is 10.6 Å². The third kappa shape index (κ3) is 5.68. The maximum atomic E-state index is 13.0. The minimum atomic E-state index is -0.829. The summed E-state index contributed by atoms with van der Waals surface area (Å²) in [4.78, 5) is 48.2. The highest BCUT2D eigenvalue weighted by Gasteiger charge is 2.35. The molecular formula is C31H30N4O7. The first kappa shape index (κ1) is 27.4. The van der Waals surface area contributed by atoms with E-state index in [9.17, 15) is 19.5 Å². The largest absolute Gasteiger partial charge is 0.502 e. The molecule has 6 rings (SSSR count). The fourth-order valence-electron chi connectivity index (χ4n) is 6.06. The molecule has 3 atom stereocenters. The average Bonchev–Trinajstić information content (AvgIpc) is 2.99. The highest BCUT2D eigenvalue weighted by molar-refractivity contribution is 5.71. The number of ether oxygens (including phenoxy) is 2. The van der Waals surface area contributed by atoms with Crippen molar-refractivity contribution in [2.75, 3.05) is 20.2 Å². The molecule has 0 saturated carbocycles. The summed E-state index contributed by atoms with van der Waals surface area (Å²) in [7, 11) is 1.28. The number of esters is 1. The maximum Gasteiger partial charge on any atom is 0.321 e. The Balaban J connectivity index is 1.30. The number of piperidine rings is 1. The van der Waals surface area contributed by atoms with Gasteiger partial charge in [0.2, 0.25) is 11.2 Å². The van der Waals surface area contributed by atoms with Gasteiger partial charge in [-0.05, 0) is 42.2 Å². The zero-order valence-electron chi connectivity index (χ0n) is 23.0. The van der Waals surface area contributed by atoms with Crippen molar-refractivity contribution in [3.63, 3.8) is 0 Å². The number of aromatic nitrogens is 3. The number of hydrogen-bond donors (Lipinski definition) is 1. The third-order valence-corrected chi connectivity index (χ3v) is 7.86. The molecule has 0 amide bonds. The predicted molar refractivity (Wildman–Crippen MR) is 150 cm³/mol. The molecule has 0 spiro atoms. The summed E-state index contributed by atoms with van der Waals surface area (Å²) < 4.78 is 18.8. The molecular weight excluding hydrogens is 540 g/mol. The highest BCUT2D eigenvalue weighted by atomic mass is 16.5. The Bertz CT molecular complexity index is 1720. The maximum absolute atomic E-state index is 13.0. The van der Waals surface area contributed by atoms with Crippen molar-refractivity contribution in [3.05, 3.63) is 110 Å². The van der Waals surface area contributed by atoms with E-state index in [1.54, 1.807) is 54.9 Å². The van der Waals surface area contributed by atoms with Gasteiger partial charge >= 0.3 is 12.0 Å². The van der Waals surface area contributed by atoms with E-state index < -0.39 is 23.1 Å². The first-order valence-corrected chi connectivity index (χ1v) is 13.8. The molecule has 2 aliphatic heterocycles. The van der Waals surface area contributed by atoms with Gasteiger partial charge < -0.3 is 23.6 Å².